The lowest BCUT2D eigenvalue weighted by Crippen LogP contribution is -2.54. The van der Waals surface area contributed by atoms with Crippen LogP contribution in [0.4, 0.5) is 5.69 Å². The van der Waals surface area contributed by atoms with Gasteiger partial charge in [-0.3, -0.25) is 29.4 Å². The molecule has 1 atom stereocenters. The Bertz CT molecular complexity index is 814. The van der Waals surface area contributed by atoms with E-state index in [9.17, 15) is 19.2 Å². The number of imide groups is 2. The summed E-state index contributed by atoms with van der Waals surface area (Å²) in [7, 11) is 0. The maximum Gasteiger partial charge on any atom is 0.264 e. The predicted molar refractivity (Wildman–Crippen MR) is 119 cm³/mol. The van der Waals surface area contributed by atoms with Crippen LogP contribution in [0.25, 0.3) is 0 Å². The van der Waals surface area contributed by atoms with Crippen LogP contribution in [0.5, 0.6) is 0 Å². The Morgan fingerprint density at radius 1 is 1.00 bits per heavy atom. The van der Waals surface area contributed by atoms with Gasteiger partial charge in [0.05, 0.1) is 11.1 Å². The number of unbranched alkanes of at least 4 members (excludes halogenated alkanes) is 5. The van der Waals surface area contributed by atoms with E-state index in [-0.39, 0.29) is 32.2 Å². The van der Waals surface area contributed by atoms with Gasteiger partial charge in [0.15, 0.2) is 0 Å². The smallest absolute Gasteiger partial charge is 0.264 e. The number of nitrogens with two attached hydrogens (primary N) is 1. The SMILES string of the molecule is NCCCCCCCCNc1cccc2c1C(=O)N(C1CCC(=O)NC1=O)C2=O.S. The van der Waals surface area contributed by atoms with Crippen molar-refractivity contribution in [1.82, 2.24) is 10.2 Å². The minimum atomic E-state index is -0.943. The van der Waals surface area contributed by atoms with Gasteiger partial charge in [-0.1, -0.05) is 31.7 Å². The number of nitrogens with zero attached hydrogens (tertiary/aromatic N) is 1. The van der Waals surface area contributed by atoms with Crippen molar-refractivity contribution in [2.45, 2.75) is 57.4 Å². The van der Waals surface area contributed by atoms with Crippen molar-refractivity contribution in [3.63, 3.8) is 0 Å². The summed E-state index contributed by atoms with van der Waals surface area (Å²) in [6.07, 6.45) is 6.86. The number of benzene rings is 1. The third kappa shape index (κ3) is 5.20. The van der Waals surface area contributed by atoms with Crippen LogP contribution in [-0.2, 0) is 9.59 Å². The fourth-order valence-corrected chi connectivity index (χ4v) is 3.86. The van der Waals surface area contributed by atoms with Gasteiger partial charge in [-0.05, 0) is 37.9 Å². The Kier molecular flexibility index (Phi) is 8.86. The number of nitrogens with one attached hydrogen (secondary N) is 2. The first-order chi connectivity index (χ1) is 14.0. The molecule has 2 aliphatic heterocycles. The third-order valence-corrected chi connectivity index (χ3v) is 5.41. The van der Waals surface area contributed by atoms with E-state index in [0.29, 0.717) is 23.4 Å². The molecule has 2 heterocycles. The second kappa shape index (κ2) is 11.1. The summed E-state index contributed by atoms with van der Waals surface area (Å²) in [4.78, 5) is 50.3. The van der Waals surface area contributed by atoms with E-state index in [1.807, 2.05) is 0 Å². The molecule has 1 fully saturated rings. The quantitative estimate of drug-likeness (QED) is 0.382. The van der Waals surface area contributed by atoms with Crippen molar-refractivity contribution >= 4 is 42.8 Å². The molecule has 4 N–H and O–H groups in total. The highest BCUT2D eigenvalue weighted by molar-refractivity contribution is 7.59. The van der Waals surface area contributed by atoms with E-state index in [1.165, 1.54) is 6.42 Å². The molecule has 4 amide bonds. The van der Waals surface area contributed by atoms with Crippen LogP contribution in [0, 0.1) is 0 Å². The number of fused-ring (bicyclic) bond motifs is 1. The van der Waals surface area contributed by atoms with Crippen LogP contribution < -0.4 is 16.4 Å². The fourth-order valence-electron chi connectivity index (χ4n) is 3.86. The molecule has 0 spiro atoms. The van der Waals surface area contributed by atoms with Crippen LogP contribution in [0.1, 0.15) is 72.1 Å². The first kappa shape index (κ1) is 23.9. The molecule has 8 nitrogen and oxygen atoms in total. The van der Waals surface area contributed by atoms with Crippen LogP contribution in [0.3, 0.4) is 0 Å². The maximum absolute atomic E-state index is 13.0. The molecule has 1 unspecified atom stereocenters. The van der Waals surface area contributed by atoms with Crippen molar-refractivity contribution in [2.24, 2.45) is 5.73 Å². The molecule has 164 valence electrons. The molecule has 0 aliphatic carbocycles. The van der Waals surface area contributed by atoms with E-state index in [4.69, 9.17) is 5.73 Å². The molecule has 1 saturated heterocycles. The first-order valence-corrected chi connectivity index (χ1v) is 10.3. The van der Waals surface area contributed by atoms with Crippen molar-refractivity contribution in [3.8, 4) is 0 Å². The van der Waals surface area contributed by atoms with Gasteiger partial charge in [-0.15, -0.1) is 0 Å². The average Bonchev–Trinajstić information content (AvgIpc) is 2.95. The number of carbonyl (C=O) groups is 4. The minimum absolute atomic E-state index is 0. The molecule has 9 heteroatoms. The standard InChI is InChI=1S/C21H28N4O4.H2S/c22-12-5-3-1-2-4-6-13-23-15-9-7-8-14-18(15)21(29)25(20(14)28)16-10-11-17(26)24-19(16)27;/h7-9,16,23H,1-6,10-13,22H2,(H,24,26,27);1H2. The lowest BCUT2D eigenvalue weighted by atomic mass is 10.0. The molecule has 0 radical (unpaired) electrons. The fraction of sp³-hybridized carbons (Fsp3) is 0.524. The Morgan fingerprint density at radius 2 is 1.70 bits per heavy atom. The molecule has 3 rings (SSSR count). The van der Waals surface area contributed by atoms with E-state index < -0.39 is 23.8 Å². The van der Waals surface area contributed by atoms with Crippen LogP contribution in [0.15, 0.2) is 18.2 Å². The lowest BCUT2D eigenvalue weighted by Gasteiger charge is -2.27. The van der Waals surface area contributed by atoms with Gasteiger partial charge >= 0.3 is 0 Å². The van der Waals surface area contributed by atoms with Crippen molar-refractivity contribution in [2.75, 3.05) is 18.4 Å². The third-order valence-electron chi connectivity index (χ3n) is 5.41. The molecule has 2 aliphatic rings. The normalized spacial score (nSPS) is 18.2. The first-order valence-electron chi connectivity index (χ1n) is 10.3. The highest BCUT2D eigenvalue weighted by atomic mass is 32.1. The highest BCUT2D eigenvalue weighted by Crippen LogP contribution is 2.32. The Balaban J connectivity index is 0.00000320. The van der Waals surface area contributed by atoms with E-state index >= 15 is 0 Å². The zero-order valence-electron chi connectivity index (χ0n) is 17.0. The summed E-state index contributed by atoms with van der Waals surface area (Å²) in [5.74, 6) is -1.94. The van der Waals surface area contributed by atoms with Crippen molar-refractivity contribution in [3.05, 3.63) is 29.3 Å². The summed E-state index contributed by atoms with van der Waals surface area (Å²) < 4.78 is 0. The second-order valence-corrected chi connectivity index (χ2v) is 7.51. The van der Waals surface area contributed by atoms with Gasteiger partial charge in [-0.25, -0.2) is 0 Å². The Morgan fingerprint density at radius 3 is 2.40 bits per heavy atom. The van der Waals surface area contributed by atoms with Gasteiger partial charge in [0, 0.05) is 18.7 Å². The largest absolute Gasteiger partial charge is 0.384 e. The average molecular weight is 435 g/mol. The van der Waals surface area contributed by atoms with Crippen LogP contribution in [0.2, 0.25) is 0 Å². The Hall–Kier alpha value is -2.39. The minimum Gasteiger partial charge on any atom is -0.384 e. The number of hydrogen-bond acceptors (Lipinski definition) is 6. The maximum atomic E-state index is 13.0. The van der Waals surface area contributed by atoms with Gasteiger partial charge in [0.2, 0.25) is 11.8 Å². The summed E-state index contributed by atoms with van der Waals surface area (Å²) in [5.41, 5.74) is 6.71. The highest BCUT2D eigenvalue weighted by Gasteiger charge is 2.45. The summed E-state index contributed by atoms with van der Waals surface area (Å²) in [5, 5.41) is 5.47. The molecule has 0 aromatic heterocycles. The molecule has 30 heavy (non-hydrogen) atoms. The number of amides is 4. The van der Waals surface area contributed by atoms with Gasteiger partial charge in [-0.2, -0.15) is 13.5 Å². The second-order valence-electron chi connectivity index (χ2n) is 7.51. The summed E-state index contributed by atoms with van der Waals surface area (Å²) in [6, 6.07) is 4.16. The number of anilines is 1. The Labute approximate surface area is 183 Å². The number of piperidine rings is 1. The van der Waals surface area contributed by atoms with E-state index in [0.717, 1.165) is 43.5 Å². The monoisotopic (exact) mass is 434 g/mol. The van der Waals surface area contributed by atoms with Crippen molar-refractivity contribution in [1.29, 1.82) is 0 Å². The zero-order chi connectivity index (χ0) is 20.8. The number of rotatable bonds is 10. The number of hydrogen-bond donors (Lipinski definition) is 3. The van der Waals surface area contributed by atoms with Crippen molar-refractivity contribution < 1.29 is 19.2 Å². The lowest BCUT2D eigenvalue weighted by molar-refractivity contribution is -0.136. The van der Waals surface area contributed by atoms with Gasteiger partial charge < -0.3 is 11.1 Å². The molecule has 1 aromatic carbocycles. The number of carbonyl (C=O) groups excluding carboxylic acids is 4. The van der Waals surface area contributed by atoms with E-state index in [1.54, 1.807) is 18.2 Å². The summed E-state index contributed by atoms with van der Waals surface area (Å²) in [6.45, 7) is 1.44. The van der Waals surface area contributed by atoms with Crippen LogP contribution in [-0.4, -0.2) is 47.7 Å². The molecule has 0 saturated carbocycles. The van der Waals surface area contributed by atoms with Gasteiger partial charge in [0.1, 0.15) is 6.04 Å². The molecule has 1 aromatic rings. The van der Waals surface area contributed by atoms with Crippen LogP contribution >= 0.6 is 13.5 Å². The van der Waals surface area contributed by atoms with E-state index in [2.05, 4.69) is 10.6 Å². The van der Waals surface area contributed by atoms with Gasteiger partial charge in [0.25, 0.3) is 11.8 Å². The molecular formula is C21H30N4O4S. The molecular weight excluding hydrogens is 404 g/mol. The predicted octanol–water partition coefficient (Wildman–Crippen LogP) is 1.91. The summed E-state index contributed by atoms with van der Waals surface area (Å²) >= 11 is 0. The zero-order valence-corrected chi connectivity index (χ0v) is 18.0. The molecule has 0 bridgehead atoms. The topological polar surface area (TPSA) is 122 Å².